The fourth-order valence-electron chi connectivity index (χ4n) is 3.46. The topological polar surface area (TPSA) is 53.0 Å². The Morgan fingerprint density at radius 3 is 1.95 bits per heavy atom. The van der Waals surface area contributed by atoms with Crippen molar-refractivity contribution in [1.82, 2.24) is 0 Å². The van der Waals surface area contributed by atoms with Crippen LogP contribution in [0.4, 0.5) is 0 Å². The van der Waals surface area contributed by atoms with Gasteiger partial charge in [-0.15, -0.1) is 0 Å². The standard InChI is InChI=1S/C18H20O3/c1-12(13-8-4-6-10-15(13)19)18(17(2,3)21-18)14-9-5-7-11-16(14)20/h4-12,19-20H,1-3H3. The first-order valence-corrected chi connectivity index (χ1v) is 7.16. The van der Waals surface area contributed by atoms with E-state index in [1.807, 2.05) is 45.0 Å². The van der Waals surface area contributed by atoms with E-state index in [0.29, 0.717) is 0 Å². The number of hydrogen-bond acceptors (Lipinski definition) is 3. The Morgan fingerprint density at radius 1 is 0.905 bits per heavy atom. The van der Waals surface area contributed by atoms with Crippen molar-refractivity contribution in [3.8, 4) is 11.5 Å². The fourth-order valence-corrected chi connectivity index (χ4v) is 3.46. The first kappa shape index (κ1) is 14.0. The molecule has 0 aromatic heterocycles. The number of para-hydroxylation sites is 2. The number of aromatic hydroxyl groups is 2. The average molecular weight is 284 g/mol. The third-order valence-electron chi connectivity index (χ3n) is 4.59. The van der Waals surface area contributed by atoms with Crippen LogP contribution in [0, 0.1) is 0 Å². The Morgan fingerprint density at radius 2 is 1.43 bits per heavy atom. The summed E-state index contributed by atoms with van der Waals surface area (Å²) in [6.45, 7) is 6.04. The van der Waals surface area contributed by atoms with E-state index in [-0.39, 0.29) is 17.4 Å². The molecular formula is C18H20O3. The van der Waals surface area contributed by atoms with Crippen LogP contribution < -0.4 is 0 Å². The van der Waals surface area contributed by atoms with Crippen molar-refractivity contribution in [2.75, 3.05) is 0 Å². The number of rotatable bonds is 3. The highest BCUT2D eigenvalue weighted by atomic mass is 16.6. The minimum atomic E-state index is -0.628. The minimum Gasteiger partial charge on any atom is -0.508 e. The van der Waals surface area contributed by atoms with E-state index in [1.54, 1.807) is 24.3 Å². The summed E-state index contributed by atoms with van der Waals surface area (Å²) >= 11 is 0. The van der Waals surface area contributed by atoms with E-state index >= 15 is 0 Å². The molecule has 0 spiro atoms. The molecule has 1 fully saturated rings. The Bertz CT molecular complexity index is 678. The zero-order chi connectivity index (χ0) is 15.3. The van der Waals surface area contributed by atoms with Gasteiger partial charge in [-0.05, 0) is 26.0 Å². The molecule has 0 amide bonds. The number of phenols is 2. The van der Waals surface area contributed by atoms with Crippen LogP contribution in [0.3, 0.4) is 0 Å². The lowest BCUT2D eigenvalue weighted by atomic mass is 9.75. The number of epoxide rings is 1. The molecular weight excluding hydrogens is 264 g/mol. The van der Waals surface area contributed by atoms with E-state index < -0.39 is 11.2 Å². The molecule has 1 heterocycles. The van der Waals surface area contributed by atoms with Gasteiger partial charge in [-0.2, -0.15) is 0 Å². The summed E-state index contributed by atoms with van der Waals surface area (Å²) in [5, 5.41) is 20.4. The van der Waals surface area contributed by atoms with Crippen molar-refractivity contribution in [2.24, 2.45) is 0 Å². The lowest BCUT2D eigenvalue weighted by Gasteiger charge is -2.25. The molecule has 2 aromatic carbocycles. The lowest BCUT2D eigenvalue weighted by molar-refractivity contribution is 0.248. The molecule has 2 aromatic rings. The quantitative estimate of drug-likeness (QED) is 0.840. The molecule has 0 bridgehead atoms. The maximum Gasteiger partial charge on any atom is 0.132 e. The first-order chi connectivity index (χ1) is 9.90. The van der Waals surface area contributed by atoms with Crippen LogP contribution in [0.1, 0.15) is 37.8 Å². The minimum absolute atomic E-state index is 0.0815. The van der Waals surface area contributed by atoms with E-state index in [4.69, 9.17) is 4.74 Å². The van der Waals surface area contributed by atoms with Gasteiger partial charge < -0.3 is 14.9 Å². The van der Waals surface area contributed by atoms with Crippen LogP contribution in [-0.2, 0) is 10.3 Å². The summed E-state index contributed by atoms with van der Waals surface area (Å²) in [4.78, 5) is 0. The summed E-state index contributed by atoms with van der Waals surface area (Å²) in [6.07, 6.45) is 0. The SMILES string of the molecule is CC(c1ccccc1O)C1(c2ccccc2O)OC1(C)C. The highest BCUT2D eigenvalue weighted by Gasteiger charge is 2.68. The van der Waals surface area contributed by atoms with Crippen LogP contribution in [0.5, 0.6) is 11.5 Å². The van der Waals surface area contributed by atoms with E-state index in [0.717, 1.165) is 11.1 Å². The van der Waals surface area contributed by atoms with Crippen molar-refractivity contribution in [3.05, 3.63) is 59.7 Å². The van der Waals surface area contributed by atoms with E-state index in [1.165, 1.54) is 0 Å². The van der Waals surface area contributed by atoms with Gasteiger partial charge in [0.15, 0.2) is 0 Å². The Hall–Kier alpha value is -2.00. The van der Waals surface area contributed by atoms with Gasteiger partial charge in [0.05, 0.1) is 5.60 Å². The molecule has 3 rings (SSSR count). The number of phenolic OH excluding ortho intramolecular Hbond substituents is 2. The molecule has 1 saturated heterocycles. The molecule has 3 nitrogen and oxygen atoms in total. The molecule has 1 aliphatic heterocycles. The van der Waals surface area contributed by atoms with Crippen molar-refractivity contribution >= 4 is 0 Å². The monoisotopic (exact) mass is 284 g/mol. The molecule has 0 aliphatic carbocycles. The fraction of sp³-hybridized carbons (Fsp3) is 0.333. The number of benzene rings is 2. The van der Waals surface area contributed by atoms with Gasteiger partial charge >= 0.3 is 0 Å². The summed E-state index contributed by atoms with van der Waals surface area (Å²) < 4.78 is 6.06. The van der Waals surface area contributed by atoms with Gasteiger partial charge in [0.2, 0.25) is 0 Å². The van der Waals surface area contributed by atoms with Crippen molar-refractivity contribution in [2.45, 2.75) is 37.9 Å². The van der Waals surface area contributed by atoms with Crippen molar-refractivity contribution in [3.63, 3.8) is 0 Å². The smallest absolute Gasteiger partial charge is 0.132 e. The Balaban J connectivity index is 2.13. The summed E-state index contributed by atoms with van der Waals surface area (Å²) in [6, 6.07) is 14.5. The second-order valence-electron chi connectivity index (χ2n) is 6.15. The van der Waals surface area contributed by atoms with Gasteiger partial charge in [-0.3, -0.25) is 0 Å². The molecule has 0 radical (unpaired) electrons. The summed E-state index contributed by atoms with van der Waals surface area (Å²) in [7, 11) is 0. The van der Waals surface area contributed by atoms with E-state index in [2.05, 4.69) is 0 Å². The van der Waals surface area contributed by atoms with Gasteiger partial charge in [0.25, 0.3) is 0 Å². The lowest BCUT2D eigenvalue weighted by Crippen LogP contribution is -2.25. The molecule has 2 N–H and O–H groups in total. The Labute approximate surface area is 124 Å². The zero-order valence-corrected chi connectivity index (χ0v) is 12.5. The second-order valence-corrected chi connectivity index (χ2v) is 6.15. The van der Waals surface area contributed by atoms with Crippen molar-refractivity contribution < 1.29 is 14.9 Å². The van der Waals surface area contributed by atoms with Gasteiger partial charge in [-0.1, -0.05) is 43.3 Å². The first-order valence-electron chi connectivity index (χ1n) is 7.16. The van der Waals surface area contributed by atoms with Crippen LogP contribution in [-0.4, -0.2) is 15.8 Å². The van der Waals surface area contributed by atoms with E-state index in [9.17, 15) is 10.2 Å². The highest BCUT2D eigenvalue weighted by molar-refractivity contribution is 5.48. The third-order valence-corrected chi connectivity index (χ3v) is 4.59. The number of hydrogen-bond donors (Lipinski definition) is 2. The van der Waals surface area contributed by atoms with Gasteiger partial charge in [0.1, 0.15) is 17.1 Å². The second kappa shape index (κ2) is 4.50. The van der Waals surface area contributed by atoms with Crippen LogP contribution in [0.25, 0.3) is 0 Å². The highest BCUT2D eigenvalue weighted by Crippen LogP contribution is 2.64. The zero-order valence-electron chi connectivity index (χ0n) is 12.5. The maximum absolute atomic E-state index is 10.2. The predicted molar refractivity (Wildman–Crippen MR) is 81.5 cm³/mol. The largest absolute Gasteiger partial charge is 0.508 e. The maximum atomic E-state index is 10.2. The average Bonchev–Trinajstić information content (AvgIpc) is 3.03. The normalized spacial score (nSPS) is 24.5. The predicted octanol–water partition coefficient (Wildman–Crippen LogP) is 3.91. The molecule has 0 saturated carbocycles. The molecule has 110 valence electrons. The molecule has 3 heteroatoms. The summed E-state index contributed by atoms with van der Waals surface area (Å²) in [5.41, 5.74) is 0.571. The molecule has 1 aliphatic rings. The summed E-state index contributed by atoms with van der Waals surface area (Å²) in [5.74, 6) is 0.401. The van der Waals surface area contributed by atoms with Gasteiger partial charge in [0, 0.05) is 17.0 Å². The molecule has 21 heavy (non-hydrogen) atoms. The molecule has 2 atom stereocenters. The van der Waals surface area contributed by atoms with Crippen LogP contribution in [0.2, 0.25) is 0 Å². The third kappa shape index (κ3) is 1.92. The number of ether oxygens (including phenoxy) is 1. The van der Waals surface area contributed by atoms with Crippen molar-refractivity contribution in [1.29, 1.82) is 0 Å². The van der Waals surface area contributed by atoms with Crippen LogP contribution >= 0.6 is 0 Å². The van der Waals surface area contributed by atoms with Gasteiger partial charge in [-0.25, -0.2) is 0 Å². The molecule has 2 unspecified atom stereocenters. The van der Waals surface area contributed by atoms with Crippen LogP contribution in [0.15, 0.2) is 48.5 Å². The Kier molecular flexibility index (Phi) is 2.99.